The molecular weight excluding hydrogens is 407 g/mol. The van der Waals surface area contributed by atoms with Crippen molar-refractivity contribution in [2.24, 2.45) is 12.0 Å². The normalized spacial score (nSPS) is 12.6. The van der Waals surface area contributed by atoms with Crippen LogP contribution in [0.4, 0.5) is 0 Å². The van der Waals surface area contributed by atoms with E-state index in [1.807, 2.05) is 18.4 Å². The fourth-order valence-corrected chi connectivity index (χ4v) is 3.25. The van der Waals surface area contributed by atoms with Gasteiger partial charge in [-0.25, -0.2) is 0 Å². The van der Waals surface area contributed by atoms with Gasteiger partial charge in [-0.1, -0.05) is 0 Å². The highest BCUT2D eigenvalue weighted by Crippen LogP contribution is 2.16. The Bertz CT molecular complexity index is 603. The van der Waals surface area contributed by atoms with Gasteiger partial charge in [0.2, 0.25) is 0 Å². The predicted molar refractivity (Wildman–Crippen MR) is 106 cm³/mol. The molecule has 1 atom stereocenters. The van der Waals surface area contributed by atoms with Crippen LogP contribution in [0, 0.1) is 6.92 Å². The molecule has 2 aromatic rings. The summed E-state index contributed by atoms with van der Waals surface area (Å²) in [7, 11) is 3.86. The number of aryl methyl sites for hydroxylation is 2. The van der Waals surface area contributed by atoms with E-state index in [2.05, 4.69) is 71.6 Å². The first kappa shape index (κ1) is 19.0. The number of hydrogen-bond donors (Lipinski definition) is 2. The van der Waals surface area contributed by atoms with Crippen molar-refractivity contribution in [2.75, 3.05) is 7.05 Å². The molecule has 2 aromatic heterocycles. The van der Waals surface area contributed by atoms with Crippen LogP contribution in [0.2, 0.25) is 0 Å². The summed E-state index contributed by atoms with van der Waals surface area (Å²) in [6, 6.07) is 8.89. The lowest BCUT2D eigenvalue weighted by atomic mass is 10.2. The van der Waals surface area contributed by atoms with E-state index in [4.69, 9.17) is 0 Å². The minimum Gasteiger partial charge on any atom is -0.354 e. The molecular formula is C16H25IN4S. The Morgan fingerprint density at radius 3 is 2.68 bits per heavy atom. The smallest absolute Gasteiger partial charge is 0.191 e. The number of halogens is 1. The number of thiophene rings is 1. The molecule has 0 fully saturated rings. The lowest BCUT2D eigenvalue weighted by Gasteiger charge is -2.17. The summed E-state index contributed by atoms with van der Waals surface area (Å²) in [6.45, 7) is 5.10. The molecule has 0 amide bonds. The number of nitrogens with one attached hydrogen (secondary N) is 2. The van der Waals surface area contributed by atoms with Crippen molar-refractivity contribution >= 4 is 41.3 Å². The third-order valence-corrected chi connectivity index (χ3v) is 4.42. The van der Waals surface area contributed by atoms with Crippen LogP contribution in [-0.2, 0) is 20.0 Å². The molecule has 0 saturated heterocycles. The first-order valence-corrected chi connectivity index (χ1v) is 8.03. The van der Waals surface area contributed by atoms with E-state index < -0.39 is 0 Å². The molecule has 0 radical (unpaired) electrons. The van der Waals surface area contributed by atoms with Crippen LogP contribution in [0.3, 0.4) is 0 Å². The summed E-state index contributed by atoms with van der Waals surface area (Å²) in [5.74, 6) is 0.844. The zero-order chi connectivity index (χ0) is 15.2. The average molecular weight is 432 g/mol. The molecule has 2 rings (SSSR count). The van der Waals surface area contributed by atoms with E-state index in [0.29, 0.717) is 6.04 Å². The summed E-state index contributed by atoms with van der Waals surface area (Å²) in [6.07, 6.45) is 3.07. The van der Waals surface area contributed by atoms with Crippen LogP contribution in [0.15, 0.2) is 35.5 Å². The molecule has 0 aliphatic carbocycles. The zero-order valence-corrected chi connectivity index (χ0v) is 16.7. The van der Waals surface area contributed by atoms with Crippen molar-refractivity contribution < 1.29 is 0 Å². The Hall–Kier alpha value is -1.02. The number of aliphatic imine (C=N–C) groups is 1. The molecule has 6 heteroatoms. The highest BCUT2D eigenvalue weighted by Gasteiger charge is 2.08. The Labute approximate surface area is 154 Å². The Kier molecular flexibility index (Phi) is 7.95. The SMILES string of the molecule is CN=C(NCc1cccn1C)NC(C)Cc1ccc(C)s1.I. The third kappa shape index (κ3) is 5.64. The summed E-state index contributed by atoms with van der Waals surface area (Å²) >= 11 is 1.86. The number of aromatic nitrogens is 1. The molecule has 0 bridgehead atoms. The van der Waals surface area contributed by atoms with E-state index in [9.17, 15) is 0 Å². The largest absolute Gasteiger partial charge is 0.354 e. The van der Waals surface area contributed by atoms with E-state index in [0.717, 1.165) is 18.9 Å². The van der Waals surface area contributed by atoms with E-state index in [1.54, 1.807) is 0 Å². The molecule has 0 saturated carbocycles. The van der Waals surface area contributed by atoms with E-state index in [-0.39, 0.29) is 24.0 Å². The van der Waals surface area contributed by atoms with Crippen LogP contribution >= 0.6 is 35.3 Å². The van der Waals surface area contributed by atoms with Crippen molar-refractivity contribution in [3.05, 3.63) is 45.9 Å². The fraction of sp³-hybridized carbons (Fsp3) is 0.438. The van der Waals surface area contributed by atoms with Gasteiger partial charge < -0.3 is 15.2 Å². The molecule has 2 N–H and O–H groups in total. The van der Waals surface area contributed by atoms with Gasteiger partial charge in [-0.05, 0) is 38.1 Å². The second kappa shape index (κ2) is 9.19. The molecule has 2 heterocycles. The molecule has 0 aliphatic heterocycles. The van der Waals surface area contributed by atoms with Crippen LogP contribution < -0.4 is 10.6 Å². The number of hydrogen-bond acceptors (Lipinski definition) is 2. The van der Waals surface area contributed by atoms with Gasteiger partial charge in [0.15, 0.2) is 5.96 Å². The average Bonchev–Trinajstić information content (AvgIpc) is 3.03. The maximum Gasteiger partial charge on any atom is 0.191 e. The van der Waals surface area contributed by atoms with Gasteiger partial charge in [-0.3, -0.25) is 4.99 Å². The van der Waals surface area contributed by atoms with E-state index in [1.165, 1.54) is 15.4 Å². The van der Waals surface area contributed by atoms with Gasteiger partial charge in [0.05, 0.1) is 6.54 Å². The highest BCUT2D eigenvalue weighted by molar-refractivity contribution is 14.0. The van der Waals surface area contributed by atoms with Crippen LogP contribution in [0.25, 0.3) is 0 Å². The lowest BCUT2D eigenvalue weighted by molar-refractivity contribution is 0.640. The maximum absolute atomic E-state index is 4.29. The minimum absolute atomic E-state index is 0. The predicted octanol–water partition coefficient (Wildman–Crippen LogP) is 3.31. The molecule has 122 valence electrons. The van der Waals surface area contributed by atoms with Gasteiger partial charge in [-0.2, -0.15) is 0 Å². The summed E-state index contributed by atoms with van der Waals surface area (Å²) in [5.41, 5.74) is 1.24. The minimum atomic E-state index is 0. The third-order valence-electron chi connectivity index (χ3n) is 3.40. The van der Waals surface area contributed by atoms with Crippen molar-refractivity contribution in [1.82, 2.24) is 15.2 Å². The van der Waals surface area contributed by atoms with Crippen LogP contribution in [0.5, 0.6) is 0 Å². The van der Waals surface area contributed by atoms with Gasteiger partial charge in [-0.15, -0.1) is 35.3 Å². The first-order chi connectivity index (χ1) is 10.1. The standard InChI is InChI=1S/C16H24N4S.HI/c1-12(10-15-8-7-13(2)21-15)19-16(17-3)18-11-14-6-5-9-20(14)4;/h5-9,12H,10-11H2,1-4H3,(H2,17,18,19);1H. The topological polar surface area (TPSA) is 41.4 Å². The number of rotatable bonds is 5. The van der Waals surface area contributed by atoms with Crippen molar-refractivity contribution in [2.45, 2.75) is 32.9 Å². The second-order valence-corrected chi connectivity index (χ2v) is 6.67. The Morgan fingerprint density at radius 1 is 1.36 bits per heavy atom. The summed E-state index contributed by atoms with van der Waals surface area (Å²) in [4.78, 5) is 7.06. The fourth-order valence-electron chi connectivity index (χ4n) is 2.23. The van der Waals surface area contributed by atoms with Gasteiger partial charge in [0.1, 0.15) is 0 Å². The van der Waals surface area contributed by atoms with Crippen molar-refractivity contribution in [3.8, 4) is 0 Å². The molecule has 22 heavy (non-hydrogen) atoms. The Balaban J connectivity index is 0.00000242. The highest BCUT2D eigenvalue weighted by atomic mass is 127. The molecule has 0 aliphatic rings. The second-order valence-electron chi connectivity index (χ2n) is 5.30. The lowest BCUT2D eigenvalue weighted by Crippen LogP contribution is -2.42. The molecule has 0 aromatic carbocycles. The monoisotopic (exact) mass is 432 g/mol. The molecule has 1 unspecified atom stereocenters. The van der Waals surface area contributed by atoms with Crippen molar-refractivity contribution in [1.29, 1.82) is 0 Å². The first-order valence-electron chi connectivity index (χ1n) is 7.21. The molecule has 0 spiro atoms. The van der Waals surface area contributed by atoms with E-state index >= 15 is 0 Å². The van der Waals surface area contributed by atoms with Gasteiger partial charge in [0.25, 0.3) is 0 Å². The quantitative estimate of drug-likeness (QED) is 0.433. The molecule has 4 nitrogen and oxygen atoms in total. The summed E-state index contributed by atoms with van der Waals surface area (Å²) < 4.78 is 2.11. The maximum atomic E-state index is 4.29. The van der Waals surface area contributed by atoms with Crippen molar-refractivity contribution in [3.63, 3.8) is 0 Å². The number of nitrogens with zero attached hydrogens (tertiary/aromatic N) is 2. The van der Waals surface area contributed by atoms with Gasteiger partial charge >= 0.3 is 0 Å². The van der Waals surface area contributed by atoms with Crippen LogP contribution in [-0.4, -0.2) is 23.6 Å². The summed E-state index contributed by atoms with van der Waals surface area (Å²) in [5, 5.41) is 6.80. The number of guanidine groups is 1. The van der Waals surface area contributed by atoms with Gasteiger partial charge in [0, 0.05) is 48.2 Å². The van der Waals surface area contributed by atoms with Crippen LogP contribution in [0.1, 0.15) is 22.4 Å². The zero-order valence-electron chi connectivity index (χ0n) is 13.6. The Morgan fingerprint density at radius 2 is 2.14 bits per heavy atom.